The number of sulfonamides is 1. The van der Waals surface area contributed by atoms with Crippen LogP contribution in [0.1, 0.15) is 50.2 Å². The molecule has 1 heterocycles. The van der Waals surface area contributed by atoms with Crippen molar-refractivity contribution in [3.05, 3.63) is 16.1 Å². The summed E-state index contributed by atoms with van der Waals surface area (Å²) in [6.45, 7) is 6.43. The van der Waals surface area contributed by atoms with Gasteiger partial charge in [0.2, 0.25) is 10.0 Å². The van der Waals surface area contributed by atoms with Crippen LogP contribution in [0, 0.1) is 0 Å². The van der Waals surface area contributed by atoms with Crippen LogP contribution in [0.5, 0.6) is 0 Å². The summed E-state index contributed by atoms with van der Waals surface area (Å²) >= 11 is 1.58. The van der Waals surface area contributed by atoms with E-state index in [1.54, 1.807) is 11.3 Å². The first-order valence-electron chi connectivity index (χ1n) is 5.86. The van der Waals surface area contributed by atoms with Crippen molar-refractivity contribution in [2.24, 2.45) is 0 Å². The molecule has 1 rings (SSSR count). The van der Waals surface area contributed by atoms with Gasteiger partial charge in [0.15, 0.2) is 0 Å². The van der Waals surface area contributed by atoms with Crippen LogP contribution >= 0.6 is 11.3 Å². The van der Waals surface area contributed by atoms with Gasteiger partial charge in [-0.05, 0) is 6.42 Å². The van der Waals surface area contributed by atoms with E-state index in [-0.39, 0.29) is 5.75 Å². The Morgan fingerprint density at radius 3 is 2.71 bits per heavy atom. The largest absolute Gasteiger partial charge is 0.245 e. The molecule has 0 fully saturated rings. The average molecular weight is 276 g/mol. The van der Waals surface area contributed by atoms with Crippen LogP contribution < -0.4 is 4.72 Å². The molecular weight excluding hydrogens is 256 g/mol. The Hall–Kier alpha value is -0.460. The third-order valence-corrected chi connectivity index (χ3v) is 4.91. The molecule has 0 aliphatic carbocycles. The van der Waals surface area contributed by atoms with Gasteiger partial charge in [0.05, 0.1) is 23.0 Å². The summed E-state index contributed by atoms with van der Waals surface area (Å²) in [6, 6.07) is 0. The third kappa shape index (κ3) is 5.14. The number of hydrogen-bond donors (Lipinski definition) is 1. The molecule has 0 amide bonds. The van der Waals surface area contributed by atoms with E-state index in [4.69, 9.17) is 0 Å². The van der Waals surface area contributed by atoms with Gasteiger partial charge in [-0.2, -0.15) is 0 Å². The zero-order chi connectivity index (χ0) is 12.9. The molecule has 0 saturated heterocycles. The molecule has 0 bridgehead atoms. The van der Waals surface area contributed by atoms with Crippen LogP contribution in [0.15, 0.2) is 5.38 Å². The molecular formula is C11H20N2O2S2. The third-order valence-electron chi connectivity index (χ3n) is 2.30. The van der Waals surface area contributed by atoms with Crippen LogP contribution in [0.4, 0.5) is 0 Å². The highest BCUT2D eigenvalue weighted by Crippen LogP contribution is 2.19. The number of nitrogens with zero attached hydrogens (tertiary/aromatic N) is 1. The van der Waals surface area contributed by atoms with Gasteiger partial charge in [0.25, 0.3) is 0 Å². The van der Waals surface area contributed by atoms with Crippen molar-refractivity contribution in [2.45, 2.75) is 46.1 Å². The van der Waals surface area contributed by atoms with Gasteiger partial charge in [-0.1, -0.05) is 27.2 Å². The maximum Gasteiger partial charge on any atom is 0.211 e. The number of thiazole rings is 1. The highest BCUT2D eigenvalue weighted by molar-refractivity contribution is 7.89. The molecule has 1 aromatic rings. The van der Waals surface area contributed by atoms with E-state index in [0.717, 1.165) is 17.1 Å². The van der Waals surface area contributed by atoms with E-state index < -0.39 is 10.0 Å². The molecule has 4 nitrogen and oxygen atoms in total. The van der Waals surface area contributed by atoms with E-state index >= 15 is 0 Å². The van der Waals surface area contributed by atoms with E-state index in [0.29, 0.717) is 18.9 Å². The van der Waals surface area contributed by atoms with Crippen LogP contribution in [0.25, 0.3) is 0 Å². The van der Waals surface area contributed by atoms with Crippen LogP contribution in [-0.2, 0) is 16.6 Å². The van der Waals surface area contributed by atoms with Gasteiger partial charge in [0.1, 0.15) is 0 Å². The van der Waals surface area contributed by atoms with Crippen LogP contribution in [-0.4, -0.2) is 19.2 Å². The van der Waals surface area contributed by atoms with E-state index in [1.165, 1.54) is 0 Å². The lowest BCUT2D eigenvalue weighted by atomic mass is 10.2. The van der Waals surface area contributed by atoms with Crippen LogP contribution in [0.3, 0.4) is 0 Å². The van der Waals surface area contributed by atoms with Crippen molar-refractivity contribution in [1.82, 2.24) is 9.71 Å². The molecule has 0 unspecified atom stereocenters. The van der Waals surface area contributed by atoms with Crippen molar-refractivity contribution in [1.29, 1.82) is 0 Å². The lowest BCUT2D eigenvalue weighted by Crippen LogP contribution is -2.26. The number of hydrogen-bond acceptors (Lipinski definition) is 4. The normalized spacial score (nSPS) is 12.2. The molecule has 0 aromatic carbocycles. The minimum atomic E-state index is -3.14. The average Bonchev–Trinajstić information content (AvgIpc) is 2.73. The number of aromatic nitrogens is 1. The summed E-state index contributed by atoms with van der Waals surface area (Å²) in [5, 5.41) is 2.96. The second kappa shape index (κ2) is 6.47. The zero-order valence-electron chi connectivity index (χ0n) is 10.6. The lowest BCUT2D eigenvalue weighted by molar-refractivity contribution is 0.577. The predicted molar refractivity (Wildman–Crippen MR) is 71.7 cm³/mol. The molecule has 0 saturated carbocycles. The SMILES string of the molecule is CCCCS(=O)(=O)NCc1csc(C(C)C)n1. The van der Waals surface area contributed by atoms with Gasteiger partial charge in [0, 0.05) is 11.3 Å². The molecule has 0 spiro atoms. The summed E-state index contributed by atoms with van der Waals surface area (Å²) in [4.78, 5) is 4.38. The van der Waals surface area contributed by atoms with Gasteiger partial charge in [-0.15, -0.1) is 11.3 Å². The first kappa shape index (κ1) is 14.6. The highest BCUT2D eigenvalue weighted by Gasteiger charge is 2.11. The molecule has 17 heavy (non-hydrogen) atoms. The molecule has 1 N–H and O–H groups in total. The number of unbranched alkanes of at least 4 members (excludes halogenated alkanes) is 1. The highest BCUT2D eigenvalue weighted by atomic mass is 32.2. The lowest BCUT2D eigenvalue weighted by Gasteiger charge is -2.04. The number of rotatable bonds is 7. The molecule has 0 aliphatic rings. The zero-order valence-corrected chi connectivity index (χ0v) is 12.2. The fraction of sp³-hybridized carbons (Fsp3) is 0.727. The quantitative estimate of drug-likeness (QED) is 0.832. The predicted octanol–water partition coefficient (Wildman–Crippen LogP) is 2.49. The Morgan fingerprint density at radius 2 is 2.18 bits per heavy atom. The maximum atomic E-state index is 11.6. The Balaban J connectivity index is 2.49. The fourth-order valence-corrected chi connectivity index (χ4v) is 3.28. The summed E-state index contributed by atoms with van der Waals surface area (Å²) < 4.78 is 25.7. The fourth-order valence-electron chi connectivity index (χ4n) is 1.26. The first-order chi connectivity index (χ1) is 7.94. The van der Waals surface area contributed by atoms with Crippen molar-refractivity contribution in [3.8, 4) is 0 Å². The van der Waals surface area contributed by atoms with Crippen molar-refractivity contribution in [2.75, 3.05) is 5.75 Å². The number of nitrogens with one attached hydrogen (secondary N) is 1. The maximum absolute atomic E-state index is 11.6. The van der Waals surface area contributed by atoms with Crippen molar-refractivity contribution < 1.29 is 8.42 Å². The van der Waals surface area contributed by atoms with Gasteiger partial charge >= 0.3 is 0 Å². The van der Waals surface area contributed by atoms with Gasteiger partial charge < -0.3 is 0 Å². The van der Waals surface area contributed by atoms with E-state index in [1.807, 2.05) is 12.3 Å². The summed E-state index contributed by atoms with van der Waals surface area (Å²) in [7, 11) is -3.14. The van der Waals surface area contributed by atoms with Crippen molar-refractivity contribution in [3.63, 3.8) is 0 Å². The second-order valence-corrected chi connectivity index (χ2v) is 7.14. The molecule has 1 aromatic heterocycles. The Kier molecular flexibility index (Phi) is 5.55. The molecule has 6 heteroatoms. The Bertz CT molecular complexity index is 438. The van der Waals surface area contributed by atoms with E-state index in [2.05, 4.69) is 23.6 Å². The summed E-state index contributed by atoms with van der Waals surface area (Å²) in [5.41, 5.74) is 0.804. The van der Waals surface area contributed by atoms with Gasteiger partial charge in [-0.25, -0.2) is 18.1 Å². The van der Waals surface area contributed by atoms with Crippen LogP contribution in [0.2, 0.25) is 0 Å². The molecule has 0 radical (unpaired) electrons. The molecule has 98 valence electrons. The topological polar surface area (TPSA) is 59.1 Å². The molecule has 0 aliphatic heterocycles. The first-order valence-corrected chi connectivity index (χ1v) is 8.39. The second-order valence-electron chi connectivity index (χ2n) is 4.33. The molecule has 0 atom stereocenters. The van der Waals surface area contributed by atoms with Gasteiger partial charge in [-0.3, -0.25) is 0 Å². The smallest absolute Gasteiger partial charge is 0.211 e. The standard InChI is InChI=1S/C11H20N2O2S2/c1-4-5-6-17(14,15)12-7-10-8-16-11(13-10)9(2)3/h8-9,12H,4-7H2,1-3H3. The minimum Gasteiger partial charge on any atom is -0.245 e. The van der Waals surface area contributed by atoms with E-state index in [9.17, 15) is 8.42 Å². The Morgan fingerprint density at radius 1 is 1.47 bits per heavy atom. The van der Waals surface area contributed by atoms with Crippen molar-refractivity contribution >= 4 is 21.4 Å². The minimum absolute atomic E-state index is 0.199. The summed E-state index contributed by atoms with van der Waals surface area (Å²) in [6.07, 6.45) is 1.58. The summed E-state index contributed by atoms with van der Waals surface area (Å²) in [5.74, 6) is 0.593. The monoisotopic (exact) mass is 276 g/mol. The Labute approximate surface area is 108 Å².